The molecule has 1 aliphatic rings. The number of carboxylic acid groups (broad SMARTS) is 1. The van der Waals surface area contributed by atoms with Crippen LogP contribution in [0.5, 0.6) is 0 Å². The molecule has 0 radical (unpaired) electrons. The molecule has 1 aliphatic carbocycles. The predicted octanol–water partition coefficient (Wildman–Crippen LogP) is 2.12. The second-order valence-corrected chi connectivity index (χ2v) is 5.47. The predicted molar refractivity (Wildman–Crippen MR) is 75.0 cm³/mol. The lowest BCUT2D eigenvalue weighted by Crippen LogP contribution is -2.33. The van der Waals surface area contributed by atoms with E-state index in [0.29, 0.717) is 30.4 Å². The van der Waals surface area contributed by atoms with Crippen molar-refractivity contribution in [3.63, 3.8) is 0 Å². The van der Waals surface area contributed by atoms with Crippen LogP contribution in [-0.2, 0) is 4.79 Å². The molecule has 2 aromatic rings. The van der Waals surface area contributed by atoms with Crippen molar-refractivity contribution in [2.24, 2.45) is 5.92 Å². The number of aromatic nitrogens is 1. The summed E-state index contributed by atoms with van der Waals surface area (Å²) in [7, 11) is 0. The van der Waals surface area contributed by atoms with Gasteiger partial charge in [0.2, 0.25) is 0 Å². The molecule has 2 heterocycles. The number of rotatable bonds is 3. The molecule has 21 heavy (non-hydrogen) atoms. The molecule has 0 aliphatic heterocycles. The van der Waals surface area contributed by atoms with E-state index in [4.69, 9.17) is 9.52 Å². The molecule has 1 amide bonds. The number of pyridine rings is 1. The van der Waals surface area contributed by atoms with Crippen molar-refractivity contribution in [3.05, 3.63) is 29.7 Å². The van der Waals surface area contributed by atoms with Crippen molar-refractivity contribution in [1.29, 1.82) is 0 Å². The number of aryl methyl sites for hydroxylation is 1. The fourth-order valence-corrected chi connectivity index (χ4v) is 2.73. The Labute approximate surface area is 121 Å². The molecular formula is C15H16N2O4. The molecule has 6 nitrogen and oxygen atoms in total. The van der Waals surface area contributed by atoms with E-state index >= 15 is 0 Å². The SMILES string of the molecule is Cc1ccc2oc(C(=O)N[C@@H]3CC[C@H](C(=O)O)C3)cc2n1. The van der Waals surface area contributed by atoms with Crippen molar-refractivity contribution >= 4 is 23.0 Å². The second-order valence-electron chi connectivity index (χ2n) is 5.47. The lowest BCUT2D eigenvalue weighted by Gasteiger charge is -2.10. The van der Waals surface area contributed by atoms with Crippen molar-refractivity contribution in [1.82, 2.24) is 10.3 Å². The van der Waals surface area contributed by atoms with Crippen molar-refractivity contribution < 1.29 is 19.1 Å². The van der Waals surface area contributed by atoms with Crippen LogP contribution in [0.1, 0.15) is 35.5 Å². The fraction of sp³-hybridized carbons (Fsp3) is 0.400. The van der Waals surface area contributed by atoms with E-state index < -0.39 is 5.97 Å². The van der Waals surface area contributed by atoms with Crippen molar-refractivity contribution in [2.45, 2.75) is 32.2 Å². The Morgan fingerprint density at radius 3 is 2.90 bits per heavy atom. The van der Waals surface area contributed by atoms with Crippen LogP contribution in [0.4, 0.5) is 0 Å². The maximum Gasteiger partial charge on any atom is 0.306 e. The maximum atomic E-state index is 12.2. The van der Waals surface area contributed by atoms with Gasteiger partial charge in [-0.15, -0.1) is 0 Å². The highest BCUT2D eigenvalue weighted by Crippen LogP contribution is 2.26. The molecule has 1 fully saturated rings. The van der Waals surface area contributed by atoms with Gasteiger partial charge in [0.25, 0.3) is 5.91 Å². The van der Waals surface area contributed by atoms with E-state index in [9.17, 15) is 9.59 Å². The number of carbonyl (C=O) groups is 2. The van der Waals surface area contributed by atoms with Crippen LogP contribution in [0.25, 0.3) is 11.1 Å². The van der Waals surface area contributed by atoms with Crippen molar-refractivity contribution in [2.75, 3.05) is 0 Å². The number of carboxylic acids is 1. The molecule has 0 bridgehead atoms. The summed E-state index contributed by atoms with van der Waals surface area (Å²) in [5.41, 5.74) is 2.07. The summed E-state index contributed by atoms with van der Waals surface area (Å²) in [5, 5.41) is 11.8. The Kier molecular flexibility index (Phi) is 3.37. The highest BCUT2D eigenvalue weighted by Gasteiger charge is 2.31. The van der Waals surface area contributed by atoms with E-state index in [1.807, 2.05) is 13.0 Å². The minimum atomic E-state index is -0.796. The third-order valence-corrected chi connectivity index (χ3v) is 3.85. The summed E-state index contributed by atoms with van der Waals surface area (Å²) in [6, 6.07) is 5.11. The smallest absolute Gasteiger partial charge is 0.306 e. The topological polar surface area (TPSA) is 92.4 Å². The Morgan fingerprint density at radius 2 is 2.19 bits per heavy atom. The molecule has 1 saturated carbocycles. The van der Waals surface area contributed by atoms with Crippen LogP contribution in [0, 0.1) is 12.8 Å². The first kappa shape index (κ1) is 13.6. The number of amides is 1. The third kappa shape index (κ3) is 2.74. The van der Waals surface area contributed by atoms with Crippen LogP contribution in [0.3, 0.4) is 0 Å². The van der Waals surface area contributed by atoms with Crippen LogP contribution in [0.15, 0.2) is 22.6 Å². The summed E-state index contributed by atoms with van der Waals surface area (Å²) in [6.45, 7) is 1.87. The van der Waals surface area contributed by atoms with E-state index in [2.05, 4.69) is 10.3 Å². The first-order chi connectivity index (χ1) is 10.0. The van der Waals surface area contributed by atoms with Crippen LogP contribution in [0.2, 0.25) is 0 Å². The second kappa shape index (κ2) is 5.20. The van der Waals surface area contributed by atoms with Gasteiger partial charge in [0, 0.05) is 17.8 Å². The largest absolute Gasteiger partial charge is 0.481 e. The van der Waals surface area contributed by atoms with Crippen molar-refractivity contribution in [3.8, 4) is 0 Å². The van der Waals surface area contributed by atoms with Gasteiger partial charge < -0.3 is 14.8 Å². The fourth-order valence-electron chi connectivity index (χ4n) is 2.73. The summed E-state index contributed by atoms with van der Waals surface area (Å²) in [5.74, 6) is -1.27. The van der Waals surface area contributed by atoms with E-state index in [0.717, 1.165) is 5.69 Å². The lowest BCUT2D eigenvalue weighted by atomic mass is 10.1. The summed E-state index contributed by atoms with van der Waals surface area (Å²) in [6.07, 6.45) is 1.75. The Hall–Kier alpha value is -2.37. The lowest BCUT2D eigenvalue weighted by molar-refractivity contribution is -0.141. The number of hydrogen-bond acceptors (Lipinski definition) is 4. The molecule has 6 heteroatoms. The zero-order valence-electron chi connectivity index (χ0n) is 11.6. The molecule has 0 saturated heterocycles. The van der Waals surface area contributed by atoms with Gasteiger partial charge in [-0.05, 0) is 38.3 Å². The van der Waals surface area contributed by atoms with Gasteiger partial charge in [-0.2, -0.15) is 0 Å². The number of hydrogen-bond donors (Lipinski definition) is 2. The highest BCUT2D eigenvalue weighted by molar-refractivity contribution is 5.95. The van der Waals surface area contributed by atoms with E-state index in [1.54, 1.807) is 12.1 Å². The van der Waals surface area contributed by atoms with Gasteiger partial charge in [-0.1, -0.05) is 0 Å². The Balaban J connectivity index is 1.71. The molecule has 3 rings (SSSR count). The first-order valence-electron chi connectivity index (χ1n) is 6.94. The normalized spacial score (nSPS) is 21.6. The third-order valence-electron chi connectivity index (χ3n) is 3.85. The van der Waals surface area contributed by atoms with E-state index in [-0.39, 0.29) is 23.6 Å². The van der Waals surface area contributed by atoms with Gasteiger partial charge in [0.1, 0.15) is 5.52 Å². The average Bonchev–Trinajstić information content (AvgIpc) is 3.04. The monoisotopic (exact) mass is 288 g/mol. The molecule has 2 N–H and O–H groups in total. The summed E-state index contributed by atoms with van der Waals surface area (Å²) >= 11 is 0. The number of furan rings is 1. The average molecular weight is 288 g/mol. The van der Waals surface area contributed by atoms with Crippen LogP contribution >= 0.6 is 0 Å². The molecule has 2 atom stereocenters. The summed E-state index contributed by atoms with van der Waals surface area (Å²) < 4.78 is 5.48. The van der Waals surface area contributed by atoms with Gasteiger partial charge >= 0.3 is 5.97 Å². The zero-order chi connectivity index (χ0) is 15.0. The number of fused-ring (bicyclic) bond motifs is 1. The Bertz CT molecular complexity index is 707. The summed E-state index contributed by atoms with van der Waals surface area (Å²) in [4.78, 5) is 27.4. The number of carbonyl (C=O) groups excluding carboxylic acids is 1. The quantitative estimate of drug-likeness (QED) is 0.902. The Morgan fingerprint density at radius 1 is 1.38 bits per heavy atom. The van der Waals surface area contributed by atoms with Gasteiger partial charge in [-0.25, -0.2) is 4.98 Å². The maximum absolute atomic E-state index is 12.2. The van der Waals surface area contributed by atoms with Crippen LogP contribution < -0.4 is 5.32 Å². The van der Waals surface area contributed by atoms with E-state index in [1.165, 1.54) is 0 Å². The van der Waals surface area contributed by atoms with Gasteiger partial charge in [0.05, 0.1) is 5.92 Å². The molecule has 0 spiro atoms. The highest BCUT2D eigenvalue weighted by atomic mass is 16.4. The molecule has 0 unspecified atom stereocenters. The number of nitrogens with one attached hydrogen (secondary N) is 1. The minimum Gasteiger partial charge on any atom is -0.481 e. The standard InChI is InChI=1S/C15H16N2O4/c1-8-2-5-12-11(16-8)7-13(21-12)14(18)17-10-4-3-9(6-10)15(19)20/h2,5,7,9-10H,3-4,6H2,1H3,(H,17,18)(H,19,20)/t9-,10+/m0/s1. The minimum absolute atomic E-state index is 0.110. The number of nitrogens with zero attached hydrogens (tertiary/aromatic N) is 1. The molecular weight excluding hydrogens is 272 g/mol. The molecule has 2 aromatic heterocycles. The molecule has 110 valence electrons. The van der Waals surface area contributed by atoms with Crippen LogP contribution in [-0.4, -0.2) is 28.0 Å². The van der Waals surface area contributed by atoms with Gasteiger partial charge in [-0.3, -0.25) is 9.59 Å². The zero-order valence-corrected chi connectivity index (χ0v) is 11.6. The first-order valence-corrected chi connectivity index (χ1v) is 6.94. The van der Waals surface area contributed by atoms with Gasteiger partial charge in [0.15, 0.2) is 11.3 Å². The molecule has 0 aromatic carbocycles. The number of aliphatic carboxylic acids is 1.